The van der Waals surface area contributed by atoms with Gasteiger partial charge in [-0.25, -0.2) is 4.31 Å². The van der Waals surface area contributed by atoms with Crippen LogP contribution in [-0.2, 0) is 4.74 Å². The number of aliphatic hydroxyl groups excluding tert-OH is 1. The summed E-state index contributed by atoms with van der Waals surface area (Å²) in [5, 5.41) is 18.8. The van der Waals surface area contributed by atoms with Gasteiger partial charge in [-0.2, -0.15) is 0 Å². The maximum atomic E-state index is 9.62. The number of aliphatic hydroxyl groups is 1. The maximum Gasteiger partial charge on any atom is 0.115 e. The van der Waals surface area contributed by atoms with Crippen LogP contribution in [0.25, 0.3) is 0 Å². The molecule has 1 aromatic carbocycles. The van der Waals surface area contributed by atoms with E-state index in [1.54, 1.807) is 23.5 Å². The normalized spacial score (nSPS) is 20.0. The Morgan fingerprint density at radius 2 is 1.73 bits per heavy atom. The molecular weight excluding hydrogens is 418 g/mol. The number of phenolic OH excluding ortho intramolecular Hbond substituents is 1. The van der Waals surface area contributed by atoms with Crippen molar-refractivity contribution in [1.29, 1.82) is 0 Å². The number of hydrogen-bond acceptors (Lipinski definition) is 8. The fourth-order valence-corrected chi connectivity index (χ4v) is 5.49. The third kappa shape index (κ3) is 7.44. The van der Waals surface area contributed by atoms with Crippen molar-refractivity contribution in [2.45, 2.75) is 24.1 Å². The number of benzene rings is 1. The fraction of sp³-hybridized carbons (Fsp3) is 0.545. The minimum absolute atomic E-state index is 0.324. The summed E-state index contributed by atoms with van der Waals surface area (Å²) >= 11 is 3.68. The summed E-state index contributed by atoms with van der Waals surface area (Å²) in [5.74, 6) is 0.324. The second kappa shape index (κ2) is 13.9. The molecule has 0 amide bonds. The van der Waals surface area contributed by atoms with E-state index in [4.69, 9.17) is 9.84 Å². The van der Waals surface area contributed by atoms with Gasteiger partial charge in [0.15, 0.2) is 0 Å². The van der Waals surface area contributed by atoms with Gasteiger partial charge in [0.25, 0.3) is 0 Å². The van der Waals surface area contributed by atoms with Crippen molar-refractivity contribution < 1.29 is 14.9 Å². The van der Waals surface area contributed by atoms with Crippen molar-refractivity contribution in [3.63, 3.8) is 0 Å². The second-order valence-corrected chi connectivity index (χ2v) is 9.03. The number of anilines is 1. The molecule has 1 aromatic heterocycles. The second-order valence-electron chi connectivity index (χ2n) is 6.69. The van der Waals surface area contributed by atoms with E-state index in [1.807, 2.05) is 37.9 Å². The van der Waals surface area contributed by atoms with Crippen LogP contribution in [0, 0.1) is 0 Å². The Morgan fingerprint density at radius 1 is 1.03 bits per heavy atom. The predicted octanol–water partition coefficient (Wildman–Crippen LogP) is 3.62. The Bertz CT molecular complexity index is 679. The van der Waals surface area contributed by atoms with Crippen LogP contribution in [0.5, 0.6) is 5.75 Å². The van der Waals surface area contributed by atoms with Crippen LogP contribution in [0.1, 0.15) is 13.8 Å². The van der Waals surface area contributed by atoms with Crippen molar-refractivity contribution in [3.8, 4) is 5.75 Å². The molecule has 2 saturated heterocycles. The SMILES string of the molecule is CC.CO.Oc1ccc(N2CCN(Sc3cccs3)CC2CN2CCOCC2)cc1. The summed E-state index contributed by atoms with van der Waals surface area (Å²) in [6.07, 6.45) is 0. The lowest BCUT2D eigenvalue weighted by Gasteiger charge is -2.44. The van der Waals surface area contributed by atoms with Gasteiger partial charge in [0.1, 0.15) is 5.75 Å². The summed E-state index contributed by atoms with van der Waals surface area (Å²) in [7, 11) is 1.00. The van der Waals surface area contributed by atoms with Gasteiger partial charge in [0.2, 0.25) is 0 Å². The first kappa shape index (κ1) is 25.0. The average molecular weight is 454 g/mol. The lowest BCUT2D eigenvalue weighted by Crippen LogP contribution is -2.56. The van der Waals surface area contributed by atoms with Crippen LogP contribution in [0.15, 0.2) is 46.0 Å². The Kier molecular flexibility index (Phi) is 11.6. The molecule has 0 radical (unpaired) electrons. The summed E-state index contributed by atoms with van der Waals surface area (Å²) in [4.78, 5) is 5.02. The molecule has 1 unspecified atom stereocenters. The molecule has 0 aliphatic carbocycles. The minimum atomic E-state index is 0.324. The zero-order chi connectivity index (χ0) is 21.8. The first-order valence-electron chi connectivity index (χ1n) is 10.5. The molecule has 2 aliphatic rings. The van der Waals surface area contributed by atoms with E-state index in [9.17, 15) is 5.11 Å². The summed E-state index contributed by atoms with van der Waals surface area (Å²) in [6.45, 7) is 11.8. The van der Waals surface area contributed by atoms with E-state index >= 15 is 0 Å². The molecule has 0 bridgehead atoms. The largest absolute Gasteiger partial charge is 0.508 e. The van der Waals surface area contributed by atoms with Gasteiger partial charge in [-0.15, -0.1) is 11.3 Å². The molecular formula is C22H35N3O3S2. The van der Waals surface area contributed by atoms with Crippen molar-refractivity contribution in [2.24, 2.45) is 0 Å². The first-order valence-corrected chi connectivity index (χ1v) is 12.2. The van der Waals surface area contributed by atoms with Crippen molar-refractivity contribution >= 4 is 29.0 Å². The number of rotatable bonds is 5. The van der Waals surface area contributed by atoms with Crippen LogP contribution >= 0.6 is 23.3 Å². The number of piperazine rings is 1. The minimum Gasteiger partial charge on any atom is -0.508 e. The van der Waals surface area contributed by atoms with Gasteiger partial charge in [0, 0.05) is 52.1 Å². The highest BCUT2D eigenvalue weighted by atomic mass is 32.2. The molecule has 168 valence electrons. The quantitative estimate of drug-likeness (QED) is 0.671. The molecule has 0 spiro atoms. The van der Waals surface area contributed by atoms with Gasteiger partial charge >= 0.3 is 0 Å². The van der Waals surface area contributed by atoms with Gasteiger partial charge in [0.05, 0.1) is 23.5 Å². The highest BCUT2D eigenvalue weighted by molar-refractivity contribution is 7.98. The third-order valence-electron chi connectivity index (χ3n) is 4.91. The van der Waals surface area contributed by atoms with E-state index in [1.165, 1.54) is 9.90 Å². The smallest absolute Gasteiger partial charge is 0.115 e. The molecule has 2 aliphatic heterocycles. The molecule has 2 aromatic rings. The van der Waals surface area contributed by atoms with Gasteiger partial charge in [-0.05, 0) is 47.7 Å². The Hall–Kier alpha value is -1.29. The standard InChI is InChI=1S/C19H25N3O2S2.C2H6.CH4O/c23-18-5-3-16(4-6-18)22-8-7-21(26-19-2-1-13-25-19)15-17(22)14-20-9-11-24-12-10-20;2*1-2/h1-6,13,17,23H,7-12,14-15H2;1-2H3;2H,1H3. The number of aromatic hydroxyl groups is 1. The zero-order valence-electron chi connectivity index (χ0n) is 18.2. The van der Waals surface area contributed by atoms with Crippen molar-refractivity contribution in [3.05, 3.63) is 41.8 Å². The molecule has 30 heavy (non-hydrogen) atoms. The fourth-order valence-electron chi connectivity index (χ4n) is 3.57. The van der Waals surface area contributed by atoms with Crippen LogP contribution in [0.3, 0.4) is 0 Å². The number of morpholine rings is 1. The highest BCUT2D eigenvalue weighted by Crippen LogP contribution is 2.31. The van der Waals surface area contributed by atoms with E-state index in [0.29, 0.717) is 11.8 Å². The highest BCUT2D eigenvalue weighted by Gasteiger charge is 2.30. The Labute approximate surface area is 189 Å². The number of nitrogens with zero attached hydrogens (tertiary/aromatic N) is 3. The number of thiophene rings is 1. The molecule has 6 nitrogen and oxygen atoms in total. The Balaban J connectivity index is 0.000000757. The molecule has 3 heterocycles. The Morgan fingerprint density at radius 3 is 2.37 bits per heavy atom. The maximum absolute atomic E-state index is 9.62. The van der Waals surface area contributed by atoms with Crippen molar-refractivity contribution in [2.75, 3.05) is 64.5 Å². The number of hydrogen-bond donors (Lipinski definition) is 2. The topological polar surface area (TPSA) is 59.4 Å². The van der Waals surface area contributed by atoms with Crippen LogP contribution in [0.4, 0.5) is 5.69 Å². The summed E-state index contributed by atoms with van der Waals surface area (Å²) in [5.41, 5.74) is 1.20. The lowest BCUT2D eigenvalue weighted by molar-refractivity contribution is 0.0333. The predicted molar refractivity (Wildman–Crippen MR) is 128 cm³/mol. The van der Waals surface area contributed by atoms with Gasteiger partial charge < -0.3 is 19.8 Å². The lowest BCUT2D eigenvalue weighted by atomic mass is 10.1. The monoisotopic (exact) mass is 453 g/mol. The molecule has 4 rings (SSSR count). The first-order chi connectivity index (χ1) is 14.8. The van der Waals surface area contributed by atoms with E-state index in [-0.39, 0.29) is 0 Å². The van der Waals surface area contributed by atoms with Gasteiger partial charge in [-0.3, -0.25) is 4.90 Å². The summed E-state index contributed by atoms with van der Waals surface area (Å²) in [6, 6.07) is 12.4. The molecule has 0 saturated carbocycles. The molecule has 8 heteroatoms. The van der Waals surface area contributed by atoms with E-state index < -0.39 is 0 Å². The van der Waals surface area contributed by atoms with Crippen LogP contribution < -0.4 is 4.90 Å². The van der Waals surface area contributed by atoms with Crippen molar-refractivity contribution in [1.82, 2.24) is 9.21 Å². The third-order valence-corrected chi connectivity index (χ3v) is 6.99. The van der Waals surface area contributed by atoms with E-state index in [2.05, 4.69) is 31.6 Å². The number of ether oxygens (including phenoxy) is 1. The van der Waals surface area contributed by atoms with E-state index in [0.717, 1.165) is 59.6 Å². The van der Waals surface area contributed by atoms with Crippen LogP contribution in [0.2, 0.25) is 0 Å². The average Bonchev–Trinajstić information content (AvgIpc) is 3.31. The molecule has 2 N–H and O–H groups in total. The van der Waals surface area contributed by atoms with Gasteiger partial charge in [-0.1, -0.05) is 19.9 Å². The molecule has 2 fully saturated rings. The number of phenols is 1. The summed E-state index contributed by atoms with van der Waals surface area (Å²) < 4.78 is 9.36. The zero-order valence-corrected chi connectivity index (χ0v) is 19.9. The molecule has 1 atom stereocenters. The van der Waals surface area contributed by atoms with Crippen LogP contribution in [-0.4, -0.2) is 85.1 Å².